The van der Waals surface area contributed by atoms with Crippen molar-refractivity contribution in [1.82, 2.24) is 4.57 Å². The number of rotatable bonds is 2. The summed E-state index contributed by atoms with van der Waals surface area (Å²) in [4.78, 5) is 11.3. The molecular formula is C13H14BrNO. The first-order valence-corrected chi connectivity index (χ1v) is 6.03. The molecule has 0 atom stereocenters. The predicted molar refractivity (Wildman–Crippen MR) is 69.7 cm³/mol. The Labute approximate surface area is 103 Å². The van der Waals surface area contributed by atoms with Gasteiger partial charge in [0.05, 0.1) is 0 Å². The number of ketones is 1. The van der Waals surface area contributed by atoms with Crippen molar-refractivity contribution in [3.63, 3.8) is 0 Å². The molecule has 0 aliphatic carbocycles. The molecule has 0 bridgehead atoms. The number of carbonyl (C=O) groups is 1. The maximum Gasteiger partial charge on any atom is 0.134 e. The van der Waals surface area contributed by atoms with Crippen LogP contribution in [0, 0.1) is 6.92 Å². The van der Waals surface area contributed by atoms with Crippen LogP contribution in [0.15, 0.2) is 22.7 Å². The van der Waals surface area contributed by atoms with Crippen LogP contribution in [0.2, 0.25) is 0 Å². The van der Waals surface area contributed by atoms with Crippen molar-refractivity contribution >= 4 is 32.6 Å². The van der Waals surface area contributed by atoms with Crippen LogP contribution in [-0.2, 0) is 18.3 Å². The average molecular weight is 280 g/mol. The van der Waals surface area contributed by atoms with Gasteiger partial charge in [-0.1, -0.05) is 15.9 Å². The Kier molecular flexibility index (Phi) is 2.89. The van der Waals surface area contributed by atoms with Crippen molar-refractivity contribution in [3.05, 3.63) is 33.9 Å². The van der Waals surface area contributed by atoms with Gasteiger partial charge in [0.2, 0.25) is 0 Å². The summed E-state index contributed by atoms with van der Waals surface area (Å²) >= 11 is 3.47. The lowest BCUT2D eigenvalue weighted by atomic mass is 10.1. The topological polar surface area (TPSA) is 22.0 Å². The van der Waals surface area contributed by atoms with E-state index in [9.17, 15) is 4.79 Å². The highest BCUT2D eigenvalue weighted by Crippen LogP contribution is 2.28. The Bertz CT molecular complexity index is 569. The lowest BCUT2D eigenvalue weighted by Gasteiger charge is -1.99. The van der Waals surface area contributed by atoms with Gasteiger partial charge in [-0.05, 0) is 37.6 Å². The zero-order valence-corrected chi connectivity index (χ0v) is 11.3. The third-order valence-corrected chi connectivity index (χ3v) is 3.50. The molecule has 0 saturated heterocycles. The zero-order valence-electron chi connectivity index (χ0n) is 9.67. The van der Waals surface area contributed by atoms with Gasteiger partial charge in [-0.2, -0.15) is 0 Å². The van der Waals surface area contributed by atoms with Crippen LogP contribution in [0.1, 0.15) is 18.2 Å². The molecule has 0 fully saturated rings. The van der Waals surface area contributed by atoms with Gasteiger partial charge in [-0.3, -0.25) is 4.79 Å². The molecule has 16 heavy (non-hydrogen) atoms. The third kappa shape index (κ3) is 1.80. The number of halogens is 1. The van der Waals surface area contributed by atoms with E-state index in [0.29, 0.717) is 6.42 Å². The number of Topliss-reactive ketones (excluding diaryl/α,β-unsaturated/α-hetero) is 1. The lowest BCUT2D eigenvalue weighted by molar-refractivity contribution is -0.116. The maximum absolute atomic E-state index is 11.3. The van der Waals surface area contributed by atoms with Gasteiger partial charge < -0.3 is 4.57 Å². The monoisotopic (exact) mass is 279 g/mol. The first-order valence-electron chi connectivity index (χ1n) is 5.23. The highest BCUT2D eigenvalue weighted by molar-refractivity contribution is 9.10. The summed E-state index contributed by atoms with van der Waals surface area (Å²) < 4.78 is 3.19. The van der Waals surface area contributed by atoms with Crippen molar-refractivity contribution in [2.24, 2.45) is 7.05 Å². The van der Waals surface area contributed by atoms with E-state index >= 15 is 0 Å². The normalized spacial score (nSPS) is 11.0. The first kappa shape index (κ1) is 11.4. The molecule has 0 amide bonds. The Morgan fingerprint density at radius 2 is 2.12 bits per heavy atom. The van der Waals surface area contributed by atoms with Gasteiger partial charge in [0, 0.05) is 34.5 Å². The van der Waals surface area contributed by atoms with E-state index in [4.69, 9.17) is 0 Å². The molecule has 2 aromatic rings. The fourth-order valence-electron chi connectivity index (χ4n) is 2.09. The minimum atomic E-state index is 0.204. The van der Waals surface area contributed by atoms with Crippen molar-refractivity contribution in [2.75, 3.05) is 0 Å². The van der Waals surface area contributed by atoms with Crippen molar-refractivity contribution in [3.8, 4) is 0 Å². The minimum Gasteiger partial charge on any atom is -0.348 e. The molecule has 0 aliphatic heterocycles. The van der Waals surface area contributed by atoms with Crippen molar-refractivity contribution < 1.29 is 4.79 Å². The molecule has 0 saturated carbocycles. The molecule has 1 aromatic carbocycles. The van der Waals surface area contributed by atoms with E-state index in [1.54, 1.807) is 6.92 Å². The largest absolute Gasteiger partial charge is 0.348 e. The van der Waals surface area contributed by atoms with Gasteiger partial charge in [0.25, 0.3) is 0 Å². The van der Waals surface area contributed by atoms with Crippen LogP contribution >= 0.6 is 15.9 Å². The second-order valence-corrected chi connectivity index (χ2v) is 5.08. The molecule has 1 heterocycles. The fourth-order valence-corrected chi connectivity index (χ4v) is 2.45. The smallest absolute Gasteiger partial charge is 0.134 e. The number of fused-ring (bicyclic) bond motifs is 1. The predicted octanol–water partition coefficient (Wildman–Crippen LogP) is 3.38. The summed E-state index contributed by atoms with van der Waals surface area (Å²) in [5.41, 5.74) is 3.49. The number of aromatic nitrogens is 1. The number of aryl methyl sites for hydroxylation is 1. The van der Waals surface area contributed by atoms with E-state index in [1.165, 1.54) is 16.6 Å². The van der Waals surface area contributed by atoms with Gasteiger partial charge in [0.15, 0.2) is 0 Å². The molecule has 0 aliphatic rings. The van der Waals surface area contributed by atoms with Crippen molar-refractivity contribution in [2.45, 2.75) is 20.3 Å². The molecule has 0 radical (unpaired) electrons. The van der Waals surface area contributed by atoms with E-state index < -0.39 is 0 Å². The highest BCUT2D eigenvalue weighted by atomic mass is 79.9. The summed E-state index contributed by atoms with van der Waals surface area (Å²) in [5, 5.41) is 1.17. The quantitative estimate of drug-likeness (QED) is 0.826. The van der Waals surface area contributed by atoms with Crippen LogP contribution < -0.4 is 0 Å². The lowest BCUT2D eigenvalue weighted by Crippen LogP contribution is -1.98. The number of hydrogen-bond donors (Lipinski definition) is 0. The molecule has 0 N–H and O–H groups in total. The first-order chi connectivity index (χ1) is 7.50. The number of nitrogens with zero attached hydrogens (tertiary/aromatic N) is 1. The summed E-state index contributed by atoms with van der Waals surface area (Å²) in [6.45, 7) is 3.70. The van der Waals surface area contributed by atoms with E-state index in [-0.39, 0.29) is 5.78 Å². The van der Waals surface area contributed by atoms with Gasteiger partial charge in [-0.25, -0.2) is 0 Å². The molecule has 1 aromatic heterocycles. The van der Waals surface area contributed by atoms with E-state index in [1.807, 2.05) is 13.1 Å². The number of hydrogen-bond acceptors (Lipinski definition) is 1. The average Bonchev–Trinajstić information content (AvgIpc) is 2.43. The van der Waals surface area contributed by atoms with Crippen LogP contribution in [0.3, 0.4) is 0 Å². The summed E-state index contributed by atoms with van der Waals surface area (Å²) in [7, 11) is 2.04. The summed E-state index contributed by atoms with van der Waals surface area (Å²) in [6, 6.07) is 6.19. The highest BCUT2D eigenvalue weighted by Gasteiger charge is 2.13. The van der Waals surface area contributed by atoms with Gasteiger partial charge >= 0.3 is 0 Å². The van der Waals surface area contributed by atoms with Crippen molar-refractivity contribution in [1.29, 1.82) is 0 Å². The second-order valence-electron chi connectivity index (χ2n) is 4.16. The maximum atomic E-state index is 11.3. The molecular weight excluding hydrogens is 266 g/mol. The van der Waals surface area contributed by atoms with Crippen LogP contribution in [-0.4, -0.2) is 10.4 Å². The minimum absolute atomic E-state index is 0.204. The fraction of sp³-hybridized carbons (Fsp3) is 0.308. The Balaban J connectivity index is 2.75. The number of benzene rings is 1. The molecule has 3 heteroatoms. The molecule has 2 rings (SSSR count). The molecule has 84 valence electrons. The molecule has 2 nitrogen and oxygen atoms in total. The molecule has 0 unspecified atom stereocenters. The summed E-state index contributed by atoms with van der Waals surface area (Å²) in [6.07, 6.45) is 0.514. The number of carbonyl (C=O) groups excluding carboxylic acids is 1. The second kappa shape index (κ2) is 4.06. The summed E-state index contributed by atoms with van der Waals surface area (Å²) in [5.74, 6) is 0.204. The van der Waals surface area contributed by atoms with Gasteiger partial charge in [-0.15, -0.1) is 0 Å². The van der Waals surface area contributed by atoms with Crippen LogP contribution in [0.25, 0.3) is 10.9 Å². The Hall–Kier alpha value is -1.09. The van der Waals surface area contributed by atoms with E-state index in [0.717, 1.165) is 10.0 Å². The Morgan fingerprint density at radius 3 is 2.75 bits per heavy atom. The standard InChI is InChI=1S/C13H14BrNO/c1-8(16)6-11-9(2)15(3)13-5-4-10(14)7-12(11)13/h4-5,7H,6H2,1-3H3. The third-order valence-electron chi connectivity index (χ3n) is 3.01. The SMILES string of the molecule is CC(=O)Cc1c(C)n(C)c2ccc(Br)cc12. The Morgan fingerprint density at radius 1 is 1.44 bits per heavy atom. The van der Waals surface area contributed by atoms with E-state index in [2.05, 4.69) is 39.6 Å². The van der Waals surface area contributed by atoms with Crippen LogP contribution in [0.4, 0.5) is 0 Å². The zero-order chi connectivity index (χ0) is 11.9. The van der Waals surface area contributed by atoms with Crippen LogP contribution in [0.5, 0.6) is 0 Å². The molecule has 0 spiro atoms. The van der Waals surface area contributed by atoms with Gasteiger partial charge in [0.1, 0.15) is 5.78 Å².